The topological polar surface area (TPSA) is 42.9 Å². The van der Waals surface area contributed by atoms with Crippen molar-refractivity contribution in [1.82, 2.24) is 9.97 Å². The van der Waals surface area contributed by atoms with Crippen LogP contribution in [-0.2, 0) is 6.42 Å². The van der Waals surface area contributed by atoms with Crippen LogP contribution in [0.1, 0.15) is 47.0 Å². The number of rotatable bonds is 1. The molecule has 2 heterocycles. The Morgan fingerprint density at radius 3 is 2.40 bits per heavy atom. The summed E-state index contributed by atoms with van der Waals surface area (Å²) in [6.45, 7) is 8.23. The second kappa shape index (κ2) is 4.48. The molecule has 0 aliphatic heterocycles. The summed E-state index contributed by atoms with van der Waals surface area (Å²) >= 11 is 1.53. The van der Waals surface area contributed by atoms with Crippen molar-refractivity contribution < 1.29 is 4.79 Å². The minimum Gasteiger partial charge on any atom is -0.293 e. The number of carbonyl (C=O) groups is 1. The number of aryl methyl sites for hydroxylation is 2. The number of nitrogens with zero attached hydrogens (tertiary/aromatic N) is 2. The lowest BCUT2D eigenvalue weighted by molar-refractivity contribution is 0.0916. The van der Waals surface area contributed by atoms with E-state index in [2.05, 4.69) is 18.8 Å². The zero-order chi connectivity index (χ0) is 14.5. The van der Waals surface area contributed by atoms with Crippen molar-refractivity contribution in [2.45, 2.75) is 40.5 Å². The van der Waals surface area contributed by atoms with Gasteiger partial charge < -0.3 is 0 Å². The Hall–Kier alpha value is -1.55. The van der Waals surface area contributed by atoms with Crippen molar-refractivity contribution >= 4 is 17.1 Å². The van der Waals surface area contributed by atoms with Gasteiger partial charge in [0.05, 0.1) is 10.6 Å². The maximum Gasteiger partial charge on any atom is 0.175 e. The first kappa shape index (κ1) is 13.4. The van der Waals surface area contributed by atoms with E-state index in [1.165, 1.54) is 11.3 Å². The molecule has 20 heavy (non-hydrogen) atoms. The molecule has 0 bridgehead atoms. The number of pyridine rings is 1. The molecule has 0 spiro atoms. The zero-order valence-corrected chi connectivity index (χ0v) is 13.1. The van der Waals surface area contributed by atoms with Gasteiger partial charge >= 0.3 is 0 Å². The van der Waals surface area contributed by atoms with Gasteiger partial charge in [-0.15, -0.1) is 11.3 Å². The summed E-state index contributed by atoms with van der Waals surface area (Å²) < 4.78 is 0. The fraction of sp³-hybridized carbons (Fsp3) is 0.438. The number of thiazole rings is 1. The number of aromatic nitrogens is 2. The van der Waals surface area contributed by atoms with Gasteiger partial charge in [-0.05, 0) is 37.8 Å². The fourth-order valence-corrected chi connectivity index (χ4v) is 3.81. The maximum absolute atomic E-state index is 12.2. The molecule has 0 saturated carbocycles. The fourth-order valence-electron chi connectivity index (χ4n) is 2.80. The van der Waals surface area contributed by atoms with Crippen LogP contribution in [0.15, 0.2) is 12.1 Å². The smallest absolute Gasteiger partial charge is 0.175 e. The lowest BCUT2D eigenvalue weighted by Crippen LogP contribution is -2.25. The molecule has 0 aromatic carbocycles. The Morgan fingerprint density at radius 2 is 1.75 bits per heavy atom. The third-order valence-electron chi connectivity index (χ3n) is 3.56. The van der Waals surface area contributed by atoms with Gasteiger partial charge in [-0.1, -0.05) is 13.8 Å². The van der Waals surface area contributed by atoms with E-state index in [4.69, 9.17) is 4.98 Å². The summed E-state index contributed by atoms with van der Waals surface area (Å²) in [4.78, 5) is 22.2. The molecule has 0 unspecified atom stereocenters. The van der Waals surface area contributed by atoms with E-state index >= 15 is 0 Å². The third-order valence-corrected chi connectivity index (χ3v) is 4.75. The molecule has 0 fully saturated rings. The number of ketones is 1. The first-order valence-corrected chi connectivity index (χ1v) is 7.64. The van der Waals surface area contributed by atoms with Crippen molar-refractivity contribution in [1.29, 1.82) is 0 Å². The number of hydrogen-bond acceptors (Lipinski definition) is 4. The van der Waals surface area contributed by atoms with E-state index < -0.39 is 0 Å². The van der Waals surface area contributed by atoms with Crippen molar-refractivity contribution in [2.75, 3.05) is 0 Å². The van der Waals surface area contributed by atoms with Gasteiger partial charge in [-0.25, -0.2) is 4.98 Å². The van der Waals surface area contributed by atoms with Crippen LogP contribution >= 0.6 is 11.3 Å². The first-order chi connectivity index (χ1) is 9.34. The summed E-state index contributed by atoms with van der Waals surface area (Å²) in [7, 11) is 0. The van der Waals surface area contributed by atoms with E-state index in [-0.39, 0.29) is 11.2 Å². The molecule has 3 rings (SSSR count). The maximum atomic E-state index is 12.2. The Balaban J connectivity index is 2.08. The molecular weight excluding hydrogens is 268 g/mol. The highest BCUT2D eigenvalue weighted by Gasteiger charge is 2.33. The molecule has 2 aromatic rings. The minimum absolute atomic E-state index is 0.0273. The van der Waals surface area contributed by atoms with E-state index in [1.807, 2.05) is 26.0 Å². The van der Waals surface area contributed by atoms with Crippen LogP contribution < -0.4 is 0 Å². The van der Waals surface area contributed by atoms with Crippen LogP contribution in [0.25, 0.3) is 10.6 Å². The third kappa shape index (κ3) is 2.40. The molecule has 2 aromatic heterocycles. The second-order valence-corrected chi connectivity index (χ2v) is 7.37. The largest absolute Gasteiger partial charge is 0.293 e. The summed E-state index contributed by atoms with van der Waals surface area (Å²) in [5.41, 5.74) is 4.04. The molecule has 0 radical (unpaired) electrons. The van der Waals surface area contributed by atoms with Crippen LogP contribution in [0, 0.1) is 19.3 Å². The second-order valence-electron chi connectivity index (χ2n) is 6.37. The van der Waals surface area contributed by atoms with Gasteiger partial charge in [0.2, 0.25) is 0 Å². The van der Waals surface area contributed by atoms with Gasteiger partial charge in [0.25, 0.3) is 0 Å². The summed E-state index contributed by atoms with van der Waals surface area (Å²) in [5, 5.41) is 0.939. The van der Waals surface area contributed by atoms with Gasteiger partial charge in [0.15, 0.2) is 5.78 Å². The molecule has 1 aliphatic rings. The monoisotopic (exact) mass is 286 g/mol. The average Bonchev–Trinajstić information content (AvgIpc) is 2.69. The number of carbonyl (C=O) groups excluding carboxylic acids is 1. The average molecular weight is 286 g/mol. The highest BCUT2D eigenvalue weighted by atomic mass is 32.1. The van der Waals surface area contributed by atoms with Gasteiger partial charge in [-0.2, -0.15) is 0 Å². The minimum atomic E-state index is 0.0273. The predicted molar refractivity (Wildman–Crippen MR) is 81.3 cm³/mol. The number of Topliss-reactive ketones (excluding diaryl/α,β-unsaturated/α-hetero) is 1. The van der Waals surface area contributed by atoms with Crippen LogP contribution in [0.4, 0.5) is 0 Å². The SMILES string of the molecule is Cc1cc(-c2nc3c(s2)C(=O)CC(C)(C)C3)cc(C)n1. The highest BCUT2D eigenvalue weighted by molar-refractivity contribution is 7.17. The zero-order valence-electron chi connectivity index (χ0n) is 12.3. The molecule has 1 aliphatic carbocycles. The lowest BCUT2D eigenvalue weighted by atomic mass is 9.78. The summed E-state index contributed by atoms with van der Waals surface area (Å²) in [5.74, 6) is 0.238. The molecular formula is C16H18N2OS. The normalized spacial score (nSPS) is 17.1. The van der Waals surface area contributed by atoms with Crippen LogP contribution in [0.5, 0.6) is 0 Å². The molecule has 4 heteroatoms. The van der Waals surface area contributed by atoms with Crippen LogP contribution in [0.3, 0.4) is 0 Å². The highest BCUT2D eigenvalue weighted by Crippen LogP contribution is 2.39. The van der Waals surface area contributed by atoms with Gasteiger partial charge in [-0.3, -0.25) is 9.78 Å². The quantitative estimate of drug-likeness (QED) is 0.796. The van der Waals surface area contributed by atoms with Crippen molar-refractivity contribution in [3.63, 3.8) is 0 Å². The predicted octanol–water partition coefficient (Wildman–Crippen LogP) is 3.98. The van der Waals surface area contributed by atoms with E-state index in [9.17, 15) is 4.79 Å². The Bertz CT molecular complexity index is 680. The summed E-state index contributed by atoms with van der Waals surface area (Å²) in [6.07, 6.45) is 1.50. The van der Waals surface area contributed by atoms with E-state index in [1.54, 1.807) is 0 Å². The van der Waals surface area contributed by atoms with Crippen molar-refractivity contribution in [3.05, 3.63) is 34.1 Å². The van der Waals surface area contributed by atoms with E-state index in [0.717, 1.165) is 39.0 Å². The number of hydrogen-bond donors (Lipinski definition) is 0. The summed E-state index contributed by atoms with van der Waals surface area (Å²) in [6, 6.07) is 4.07. The Labute approximate surface area is 123 Å². The van der Waals surface area contributed by atoms with Crippen molar-refractivity contribution in [2.24, 2.45) is 5.41 Å². The van der Waals surface area contributed by atoms with Crippen LogP contribution in [0.2, 0.25) is 0 Å². The number of fused-ring (bicyclic) bond motifs is 1. The molecule has 0 amide bonds. The van der Waals surface area contributed by atoms with Gasteiger partial charge in [0, 0.05) is 23.4 Å². The van der Waals surface area contributed by atoms with E-state index in [0.29, 0.717) is 6.42 Å². The Kier molecular flexibility index (Phi) is 3.01. The molecule has 104 valence electrons. The first-order valence-electron chi connectivity index (χ1n) is 6.83. The van der Waals surface area contributed by atoms with Crippen molar-refractivity contribution in [3.8, 4) is 10.6 Å². The molecule has 3 nitrogen and oxygen atoms in total. The van der Waals surface area contributed by atoms with Crippen LogP contribution in [-0.4, -0.2) is 15.8 Å². The lowest BCUT2D eigenvalue weighted by Gasteiger charge is -2.26. The Morgan fingerprint density at radius 1 is 1.10 bits per heavy atom. The molecule has 0 saturated heterocycles. The van der Waals surface area contributed by atoms with Gasteiger partial charge in [0.1, 0.15) is 5.01 Å². The standard InChI is InChI=1S/C16H18N2OS/c1-9-5-11(6-10(2)17-9)15-18-12-7-16(3,4)8-13(19)14(12)20-15/h5-6H,7-8H2,1-4H3. The molecule has 0 N–H and O–H groups in total. The molecule has 0 atom stereocenters.